The molecule has 0 atom stereocenters. The fourth-order valence-corrected chi connectivity index (χ4v) is 2.32. The summed E-state index contributed by atoms with van der Waals surface area (Å²) in [6.45, 7) is 0. The van der Waals surface area contributed by atoms with E-state index in [9.17, 15) is 0 Å². The fourth-order valence-electron chi connectivity index (χ4n) is 1.97. The first-order valence-corrected chi connectivity index (χ1v) is 5.22. The molecule has 0 heterocycles. The number of nitrogens with one attached hydrogen (secondary N) is 1. The van der Waals surface area contributed by atoms with E-state index in [1.165, 1.54) is 38.5 Å². The predicted molar refractivity (Wildman–Crippen MR) is 48.1 cm³/mol. The summed E-state index contributed by atoms with van der Waals surface area (Å²) in [6.07, 6.45) is 8.17. The lowest BCUT2D eigenvalue weighted by Crippen LogP contribution is -2.39. The van der Waals surface area contributed by atoms with Crippen molar-refractivity contribution < 1.29 is 0 Å². The molecule has 2 aliphatic carbocycles. The Kier molecular flexibility index (Phi) is 2.11. The van der Waals surface area contributed by atoms with Gasteiger partial charge in [0.05, 0.1) is 0 Å². The Balaban J connectivity index is 1.80. The largest absolute Gasteiger partial charge is 0.307 e. The lowest BCUT2D eigenvalue weighted by molar-refractivity contribution is 0.441. The molecule has 11 heavy (non-hydrogen) atoms. The van der Waals surface area contributed by atoms with Crippen molar-refractivity contribution in [3.8, 4) is 0 Å². The van der Waals surface area contributed by atoms with Gasteiger partial charge in [-0.1, -0.05) is 12.8 Å². The molecule has 2 saturated carbocycles. The van der Waals surface area contributed by atoms with Crippen molar-refractivity contribution in [2.45, 2.75) is 50.1 Å². The van der Waals surface area contributed by atoms with E-state index in [0.29, 0.717) is 5.54 Å². The SMILES string of the molecule is ClCC1(NC2CCCC2)CC1. The highest BCUT2D eigenvalue weighted by atomic mass is 35.5. The molecule has 1 nitrogen and oxygen atoms in total. The Hall–Kier alpha value is 0.250. The first-order chi connectivity index (χ1) is 5.35. The molecule has 64 valence electrons. The molecule has 0 spiro atoms. The first kappa shape index (κ1) is 7.88. The van der Waals surface area contributed by atoms with Crippen molar-refractivity contribution in [2.24, 2.45) is 0 Å². The van der Waals surface area contributed by atoms with E-state index in [1.807, 2.05) is 0 Å². The van der Waals surface area contributed by atoms with Gasteiger partial charge < -0.3 is 5.32 Å². The van der Waals surface area contributed by atoms with Crippen LogP contribution >= 0.6 is 11.6 Å². The van der Waals surface area contributed by atoms with Gasteiger partial charge in [0.25, 0.3) is 0 Å². The molecule has 0 aromatic heterocycles. The molecule has 0 saturated heterocycles. The summed E-state index contributed by atoms with van der Waals surface area (Å²) in [7, 11) is 0. The molecule has 1 N–H and O–H groups in total. The Morgan fingerprint density at radius 2 is 1.91 bits per heavy atom. The van der Waals surface area contributed by atoms with E-state index >= 15 is 0 Å². The Bertz CT molecular complexity index is 136. The van der Waals surface area contributed by atoms with Gasteiger partial charge in [-0.15, -0.1) is 11.6 Å². The Labute approximate surface area is 73.5 Å². The van der Waals surface area contributed by atoms with Crippen LogP contribution in [0, 0.1) is 0 Å². The summed E-state index contributed by atoms with van der Waals surface area (Å²) >= 11 is 5.87. The van der Waals surface area contributed by atoms with Gasteiger partial charge in [0, 0.05) is 17.5 Å². The number of halogens is 1. The maximum atomic E-state index is 5.87. The molecule has 2 rings (SSSR count). The lowest BCUT2D eigenvalue weighted by Gasteiger charge is -2.19. The van der Waals surface area contributed by atoms with E-state index in [1.54, 1.807) is 0 Å². The summed E-state index contributed by atoms with van der Waals surface area (Å²) in [5, 5.41) is 3.68. The minimum absolute atomic E-state index is 0.372. The fraction of sp³-hybridized carbons (Fsp3) is 1.00. The smallest absolute Gasteiger partial charge is 0.0406 e. The molecular weight excluding hydrogens is 158 g/mol. The van der Waals surface area contributed by atoms with Gasteiger partial charge in [-0.2, -0.15) is 0 Å². The third kappa shape index (κ3) is 1.70. The molecular formula is C9H16ClN. The van der Waals surface area contributed by atoms with Crippen LogP contribution in [0.5, 0.6) is 0 Å². The second kappa shape index (κ2) is 2.95. The van der Waals surface area contributed by atoms with Crippen molar-refractivity contribution in [3.05, 3.63) is 0 Å². The zero-order chi connectivity index (χ0) is 7.73. The van der Waals surface area contributed by atoms with Crippen LogP contribution in [0.2, 0.25) is 0 Å². The predicted octanol–water partition coefficient (Wildman–Crippen LogP) is 2.29. The van der Waals surface area contributed by atoms with Gasteiger partial charge in [-0.3, -0.25) is 0 Å². The molecule has 0 amide bonds. The van der Waals surface area contributed by atoms with Crippen molar-refractivity contribution >= 4 is 11.6 Å². The third-order valence-corrected chi connectivity index (χ3v) is 3.49. The van der Waals surface area contributed by atoms with Crippen LogP contribution in [0.25, 0.3) is 0 Å². The van der Waals surface area contributed by atoms with Gasteiger partial charge in [0.1, 0.15) is 0 Å². The maximum Gasteiger partial charge on any atom is 0.0406 e. The topological polar surface area (TPSA) is 12.0 Å². The second-order valence-electron chi connectivity index (χ2n) is 4.04. The zero-order valence-corrected chi connectivity index (χ0v) is 7.66. The van der Waals surface area contributed by atoms with Crippen molar-refractivity contribution in [1.29, 1.82) is 0 Å². The highest BCUT2D eigenvalue weighted by molar-refractivity contribution is 6.18. The highest BCUT2D eigenvalue weighted by Crippen LogP contribution is 2.38. The third-order valence-electron chi connectivity index (χ3n) is 2.97. The summed E-state index contributed by atoms with van der Waals surface area (Å²) in [4.78, 5) is 0. The number of alkyl halides is 1. The summed E-state index contributed by atoms with van der Waals surface area (Å²) in [5.74, 6) is 0.809. The molecule has 2 heteroatoms. The summed E-state index contributed by atoms with van der Waals surface area (Å²) < 4.78 is 0. The quantitative estimate of drug-likeness (QED) is 0.646. The molecule has 0 bridgehead atoms. The number of rotatable bonds is 3. The van der Waals surface area contributed by atoms with Crippen LogP contribution in [0.4, 0.5) is 0 Å². The number of hydrogen-bond donors (Lipinski definition) is 1. The minimum atomic E-state index is 0.372. The Morgan fingerprint density at radius 1 is 1.27 bits per heavy atom. The van der Waals surface area contributed by atoms with Crippen molar-refractivity contribution in [1.82, 2.24) is 5.32 Å². The zero-order valence-electron chi connectivity index (χ0n) is 6.91. The molecule has 0 unspecified atom stereocenters. The normalized spacial score (nSPS) is 29.2. The number of hydrogen-bond acceptors (Lipinski definition) is 1. The van der Waals surface area contributed by atoms with Crippen molar-refractivity contribution in [3.63, 3.8) is 0 Å². The molecule has 0 aromatic rings. The molecule has 0 aromatic carbocycles. The van der Waals surface area contributed by atoms with Crippen LogP contribution < -0.4 is 5.32 Å². The van der Waals surface area contributed by atoms with E-state index < -0.39 is 0 Å². The van der Waals surface area contributed by atoms with E-state index in [2.05, 4.69) is 5.32 Å². The van der Waals surface area contributed by atoms with Crippen LogP contribution in [-0.2, 0) is 0 Å². The van der Waals surface area contributed by atoms with Crippen LogP contribution in [0.1, 0.15) is 38.5 Å². The molecule has 0 radical (unpaired) electrons. The highest BCUT2D eigenvalue weighted by Gasteiger charge is 2.43. The van der Waals surface area contributed by atoms with E-state index in [0.717, 1.165) is 11.9 Å². The van der Waals surface area contributed by atoms with Gasteiger partial charge >= 0.3 is 0 Å². The van der Waals surface area contributed by atoms with Crippen molar-refractivity contribution in [2.75, 3.05) is 5.88 Å². The molecule has 2 fully saturated rings. The average molecular weight is 174 g/mol. The second-order valence-corrected chi connectivity index (χ2v) is 4.31. The lowest BCUT2D eigenvalue weighted by atomic mass is 10.2. The first-order valence-electron chi connectivity index (χ1n) is 4.68. The monoisotopic (exact) mass is 173 g/mol. The van der Waals surface area contributed by atoms with E-state index in [4.69, 9.17) is 11.6 Å². The Morgan fingerprint density at radius 3 is 2.36 bits per heavy atom. The summed E-state index contributed by atoms with van der Waals surface area (Å²) in [6, 6.07) is 0.788. The van der Waals surface area contributed by atoms with Crippen LogP contribution in [-0.4, -0.2) is 17.5 Å². The average Bonchev–Trinajstić information content (AvgIpc) is 2.59. The summed E-state index contributed by atoms with van der Waals surface area (Å²) in [5.41, 5.74) is 0.372. The van der Waals surface area contributed by atoms with Gasteiger partial charge in [-0.05, 0) is 25.7 Å². The minimum Gasteiger partial charge on any atom is -0.307 e. The van der Waals surface area contributed by atoms with Gasteiger partial charge in [0.2, 0.25) is 0 Å². The molecule has 0 aliphatic heterocycles. The van der Waals surface area contributed by atoms with Crippen LogP contribution in [0.3, 0.4) is 0 Å². The van der Waals surface area contributed by atoms with Crippen LogP contribution in [0.15, 0.2) is 0 Å². The van der Waals surface area contributed by atoms with E-state index in [-0.39, 0.29) is 0 Å². The standard InChI is InChI=1S/C9H16ClN/c10-7-9(5-6-9)11-8-3-1-2-4-8/h8,11H,1-7H2. The van der Waals surface area contributed by atoms with Gasteiger partial charge in [0.15, 0.2) is 0 Å². The van der Waals surface area contributed by atoms with Gasteiger partial charge in [-0.25, -0.2) is 0 Å². The molecule has 2 aliphatic rings. The maximum absolute atomic E-state index is 5.87.